The third-order valence-electron chi connectivity index (χ3n) is 7.72. The molecule has 2 heterocycles. The first-order valence-electron chi connectivity index (χ1n) is 13.0. The summed E-state index contributed by atoms with van der Waals surface area (Å²) < 4.78 is 12.7. The first-order chi connectivity index (χ1) is 17.8. The number of hydrogen-bond acceptors (Lipinski definition) is 6. The van der Waals surface area contributed by atoms with Crippen molar-refractivity contribution in [2.24, 2.45) is 0 Å². The molecule has 0 bridgehead atoms. The lowest BCUT2D eigenvalue weighted by Crippen LogP contribution is -2.53. The number of benzene rings is 3. The molecule has 3 aromatic rings. The van der Waals surface area contributed by atoms with Gasteiger partial charge in [0.05, 0.1) is 0 Å². The van der Waals surface area contributed by atoms with Gasteiger partial charge < -0.3 is 24.6 Å². The number of piperazine rings is 1. The van der Waals surface area contributed by atoms with E-state index in [0.717, 1.165) is 59.0 Å². The molecular formula is C31H36N2O4. The highest BCUT2D eigenvalue weighted by molar-refractivity contribution is 5.95. The highest BCUT2D eigenvalue weighted by Gasteiger charge is 2.30. The normalized spacial score (nSPS) is 21.3. The van der Waals surface area contributed by atoms with Crippen molar-refractivity contribution in [1.82, 2.24) is 9.80 Å². The largest absolute Gasteiger partial charge is 0.508 e. The van der Waals surface area contributed by atoms with Gasteiger partial charge >= 0.3 is 0 Å². The number of hydrogen-bond donors (Lipinski definition) is 2. The van der Waals surface area contributed by atoms with Crippen LogP contribution in [0.4, 0.5) is 0 Å². The van der Waals surface area contributed by atoms with E-state index in [2.05, 4.69) is 30.7 Å². The Labute approximate surface area is 219 Å². The molecule has 6 heteroatoms. The number of phenolic OH excluding ortho intramolecular Hbond substituents is 2. The van der Waals surface area contributed by atoms with Crippen molar-refractivity contribution in [2.75, 3.05) is 33.3 Å². The van der Waals surface area contributed by atoms with Crippen LogP contribution in [0.2, 0.25) is 0 Å². The van der Waals surface area contributed by atoms with E-state index in [1.165, 1.54) is 0 Å². The number of likely N-dealkylation sites (N-methyl/N-ethyl adjacent to an activating group) is 1. The average Bonchev–Trinajstić information content (AvgIpc) is 2.89. The van der Waals surface area contributed by atoms with Gasteiger partial charge in [-0.25, -0.2) is 0 Å². The van der Waals surface area contributed by atoms with Crippen LogP contribution in [-0.2, 0) is 0 Å². The van der Waals surface area contributed by atoms with Crippen molar-refractivity contribution in [3.8, 4) is 23.0 Å². The Morgan fingerprint density at radius 1 is 1.00 bits per heavy atom. The van der Waals surface area contributed by atoms with Crippen molar-refractivity contribution >= 4 is 11.1 Å². The van der Waals surface area contributed by atoms with Gasteiger partial charge in [-0.1, -0.05) is 24.3 Å². The predicted octanol–water partition coefficient (Wildman–Crippen LogP) is 5.57. The van der Waals surface area contributed by atoms with E-state index in [4.69, 9.17) is 9.47 Å². The summed E-state index contributed by atoms with van der Waals surface area (Å²) in [7, 11) is 2.19. The molecule has 2 aliphatic rings. The first-order valence-corrected chi connectivity index (χ1v) is 13.0. The molecule has 0 spiro atoms. The minimum atomic E-state index is -0.362. The molecule has 0 aliphatic carbocycles. The fourth-order valence-electron chi connectivity index (χ4n) is 5.26. The average molecular weight is 501 g/mol. The molecule has 3 atom stereocenters. The molecule has 2 aliphatic heterocycles. The molecule has 6 nitrogen and oxygen atoms in total. The molecule has 3 aromatic carbocycles. The van der Waals surface area contributed by atoms with Crippen LogP contribution < -0.4 is 9.47 Å². The van der Waals surface area contributed by atoms with Crippen molar-refractivity contribution in [1.29, 1.82) is 0 Å². The van der Waals surface area contributed by atoms with Gasteiger partial charge in [0.2, 0.25) is 0 Å². The molecule has 1 saturated heterocycles. The van der Waals surface area contributed by atoms with Gasteiger partial charge in [0.1, 0.15) is 35.7 Å². The van der Waals surface area contributed by atoms with Gasteiger partial charge in [0, 0.05) is 42.9 Å². The molecule has 37 heavy (non-hydrogen) atoms. The maximum Gasteiger partial charge on any atom is 0.150 e. The van der Waals surface area contributed by atoms with E-state index >= 15 is 0 Å². The van der Waals surface area contributed by atoms with E-state index in [1.54, 1.807) is 30.3 Å². The fourth-order valence-corrected chi connectivity index (χ4v) is 5.26. The van der Waals surface area contributed by atoms with Crippen molar-refractivity contribution < 1.29 is 19.7 Å². The zero-order chi connectivity index (χ0) is 26.1. The first kappa shape index (κ1) is 25.2. The zero-order valence-electron chi connectivity index (χ0n) is 22.0. The second-order valence-corrected chi connectivity index (χ2v) is 10.3. The Balaban J connectivity index is 1.36. The Kier molecular flexibility index (Phi) is 7.13. The number of phenols is 2. The number of fused-ring (bicyclic) bond motifs is 1. The topological polar surface area (TPSA) is 65.4 Å². The number of ether oxygens (including phenoxy) is 2. The summed E-state index contributed by atoms with van der Waals surface area (Å²) in [6.07, 6.45) is -0.362. The molecule has 0 amide bonds. The second kappa shape index (κ2) is 10.5. The van der Waals surface area contributed by atoms with E-state index in [0.29, 0.717) is 18.7 Å². The van der Waals surface area contributed by atoms with Gasteiger partial charge in [0.15, 0.2) is 0 Å². The van der Waals surface area contributed by atoms with Crippen LogP contribution in [0.15, 0.2) is 66.7 Å². The highest BCUT2D eigenvalue weighted by Crippen LogP contribution is 2.47. The number of nitrogens with zero attached hydrogens (tertiary/aromatic N) is 2. The molecular weight excluding hydrogens is 464 g/mol. The lowest BCUT2D eigenvalue weighted by atomic mass is 9.86. The van der Waals surface area contributed by atoms with Gasteiger partial charge in [-0.2, -0.15) is 0 Å². The summed E-state index contributed by atoms with van der Waals surface area (Å²) in [5.41, 5.74) is 4.68. The van der Waals surface area contributed by atoms with Crippen LogP contribution in [0.3, 0.4) is 0 Å². The molecule has 0 saturated carbocycles. The summed E-state index contributed by atoms with van der Waals surface area (Å²) in [4.78, 5) is 4.90. The molecule has 194 valence electrons. The van der Waals surface area contributed by atoms with Crippen LogP contribution >= 0.6 is 0 Å². The van der Waals surface area contributed by atoms with Crippen LogP contribution in [0, 0.1) is 0 Å². The van der Waals surface area contributed by atoms with E-state index in [1.807, 2.05) is 43.3 Å². The lowest BCUT2D eigenvalue weighted by molar-refractivity contribution is 0.0587. The number of allylic oxidation sites excluding steroid dienone is 1. The van der Waals surface area contributed by atoms with Crippen molar-refractivity contribution in [2.45, 2.75) is 39.0 Å². The third kappa shape index (κ3) is 5.31. The summed E-state index contributed by atoms with van der Waals surface area (Å²) >= 11 is 0. The molecule has 5 rings (SSSR count). The maximum atomic E-state index is 10.2. The van der Waals surface area contributed by atoms with Crippen LogP contribution in [0.1, 0.15) is 43.6 Å². The fraction of sp³-hybridized carbons (Fsp3) is 0.355. The van der Waals surface area contributed by atoms with Crippen LogP contribution in [0.5, 0.6) is 23.0 Å². The standard InChI is InChI=1S/C31H36N2O4/c1-20-18-33(15-14-32(20)4)21(2)19-36-27-11-8-23(9-12-27)31-30(24-6-5-7-25(34)16-24)22(3)28-17-26(35)10-13-29(28)37-31/h5-13,16-17,20-21,31,34-35H,14-15,18-19H2,1-4H3. The molecule has 3 unspecified atom stereocenters. The molecule has 0 radical (unpaired) electrons. The van der Waals surface area contributed by atoms with Gasteiger partial charge in [-0.05, 0) is 87.0 Å². The Morgan fingerprint density at radius 3 is 2.49 bits per heavy atom. The van der Waals surface area contributed by atoms with Gasteiger partial charge in [-0.15, -0.1) is 0 Å². The summed E-state index contributed by atoms with van der Waals surface area (Å²) in [6.45, 7) is 10.4. The number of rotatable bonds is 6. The van der Waals surface area contributed by atoms with E-state index < -0.39 is 0 Å². The molecule has 1 fully saturated rings. The Bertz CT molecular complexity index is 1290. The Hall–Kier alpha value is -3.48. The maximum absolute atomic E-state index is 10.2. The van der Waals surface area contributed by atoms with E-state index in [9.17, 15) is 10.2 Å². The van der Waals surface area contributed by atoms with Gasteiger partial charge in [0.25, 0.3) is 0 Å². The van der Waals surface area contributed by atoms with Crippen LogP contribution in [0.25, 0.3) is 11.1 Å². The smallest absolute Gasteiger partial charge is 0.150 e. The van der Waals surface area contributed by atoms with Crippen molar-refractivity contribution in [3.63, 3.8) is 0 Å². The Morgan fingerprint density at radius 2 is 1.76 bits per heavy atom. The molecule has 0 aromatic heterocycles. The third-order valence-corrected chi connectivity index (χ3v) is 7.72. The summed E-state index contributed by atoms with van der Waals surface area (Å²) in [5, 5.41) is 20.2. The van der Waals surface area contributed by atoms with Crippen molar-refractivity contribution in [3.05, 3.63) is 83.4 Å². The quantitative estimate of drug-likeness (QED) is 0.462. The van der Waals surface area contributed by atoms with E-state index in [-0.39, 0.29) is 17.6 Å². The predicted molar refractivity (Wildman–Crippen MR) is 147 cm³/mol. The molecule has 2 N–H and O–H groups in total. The zero-order valence-corrected chi connectivity index (χ0v) is 22.0. The minimum Gasteiger partial charge on any atom is -0.508 e. The monoisotopic (exact) mass is 500 g/mol. The minimum absolute atomic E-state index is 0.192. The summed E-state index contributed by atoms with van der Waals surface area (Å²) in [6, 6.07) is 21.4. The lowest BCUT2D eigenvalue weighted by Gasteiger charge is -2.40. The highest BCUT2D eigenvalue weighted by atomic mass is 16.5. The second-order valence-electron chi connectivity index (χ2n) is 10.3. The summed E-state index contributed by atoms with van der Waals surface area (Å²) in [5.74, 6) is 1.95. The number of aromatic hydroxyl groups is 2. The van der Waals surface area contributed by atoms with Crippen LogP contribution in [-0.4, -0.2) is 65.4 Å². The SMILES string of the molecule is CC1=C(c2cccc(O)c2)C(c2ccc(OCC(C)N3CCN(C)C(C)C3)cc2)Oc2ccc(O)cc21. The van der Waals surface area contributed by atoms with Gasteiger partial charge in [-0.3, -0.25) is 4.90 Å².